The lowest BCUT2D eigenvalue weighted by molar-refractivity contribution is 0.410. The summed E-state index contributed by atoms with van der Waals surface area (Å²) in [5, 5.41) is 2.05. The van der Waals surface area contributed by atoms with E-state index < -0.39 is 0 Å². The minimum atomic E-state index is -0.356. The Morgan fingerprint density at radius 3 is 2.75 bits per heavy atom. The van der Waals surface area contributed by atoms with Crippen LogP contribution in [0.5, 0.6) is 5.75 Å². The second-order valence-electron chi connectivity index (χ2n) is 4.28. The molecule has 0 aliphatic carbocycles. The number of hydrogen-bond acceptors (Lipinski definition) is 5. The number of methoxy groups -OCH3 is 1. The third kappa shape index (κ3) is 2.31. The molecule has 0 bridgehead atoms. The Morgan fingerprint density at radius 2 is 2.10 bits per heavy atom. The van der Waals surface area contributed by atoms with E-state index in [1.54, 1.807) is 34.8 Å². The van der Waals surface area contributed by atoms with Crippen LogP contribution in [-0.4, -0.2) is 7.11 Å². The van der Waals surface area contributed by atoms with E-state index in [9.17, 15) is 4.39 Å². The smallest absolute Gasteiger partial charge is 0.132 e. The summed E-state index contributed by atoms with van der Waals surface area (Å²) in [5.41, 5.74) is 3.21. The zero-order valence-corrected chi connectivity index (χ0v) is 12.4. The lowest BCUT2D eigenvalue weighted by Gasteiger charge is -2.16. The van der Waals surface area contributed by atoms with E-state index >= 15 is 0 Å². The minimum absolute atomic E-state index is 0.330. The van der Waals surface area contributed by atoms with E-state index in [1.165, 1.54) is 22.6 Å². The van der Waals surface area contributed by atoms with Gasteiger partial charge in [-0.05, 0) is 23.6 Å². The third-order valence-electron chi connectivity index (χ3n) is 3.13. The SMILES string of the molecule is COc1ccc(C(NN)c2cc3sccc3s2)c(F)c1. The van der Waals surface area contributed by atoms with Gasteiger partial charge < -0.3 is 4.74 Å². The Balaban J connectivity index is 2.03. The Kier molecular flexibility index (Phi) is 3.71. The highest BCUT2D eigenvalue weighted by molar-refractivity contribution is 7.27. The third-order valence-corrected chi connectivity index (χ3v) is 5.29. The number of thiophene rings is 2. The number of rotatable bonds is 4. The molecule has 104 valence electrons. The molecule has 6 heteroatoms. The van der Waals surface area contributed by atoms with Crippen molar-refractivity contribution >= 4 is 32.1 Å². The first-order chi connectivity index (χ1) is 9.72. The van der Waals surface area contributed by atoms with Crippen LogP contribution in [0.3, 0.4) is 0 Å². The maximum Gasteiger partial charge on any atom is 0.132 e. The first-order valence-corrected chi connectivity index (χ1v) is 7.69. The zero-order chi connectivity index (χ0) is 14.1. The summed E-state index contributed by atoms with van der Waals surface area (Å²) >= 11 is 3.29. The molecule has 0 amide bonds. The van der Waals surface area contributed by atoms with Gasteiger partial charge in [-0.25, -0.2) is 9.82 Å². The van der Waals surface area contributed by atoms with Crippen LogP contribution >= 0.6 is 22.7 Å². The number of benzene rings is 1. The number of ether oxygens (including phenoxy) is 1. The van der Waals surface area contributed by atoms with Gasteiger partial charge in [0.05, 0.1) is 13.2 Å². The maximum absolute atomic E-state index is 14.2. The molecule has 3 nitrogen and oxygen atoms in total. The summed E-state index contributed by atoms with van der Waals surface area (Å²) in [6.45, 7) is 0. The Labute approximate surface area is 123 Å². The molecule has 20 heavy (non-hydrogen) atoms. The van der Waals surface area contributed by atoms with Crippen molar-refractivity contribution in [1.29, 1.82) is 0 Å². The summed E-state index contributed by atoms with van der Waals surface area (Å²) in [6.07, 6.45) is 0. The van der Waals surface area contributed by atoms with Crippen LogP contribution in [0.2, 0.25) is 0 Å². The second-order valence-corrected chi connectivity index (χ2v) is 6.35. The molecular weight excluding hydrogens is 295 g/mol. The molecule has 1 aromatic carbocycles. The average Bonchev–Trinajstić information content (AvgIpc) is 3.02. The standard InChI is InChI=1S/C14H13FN2OS2/c1-18-8-2-3-9(10(15)6-8)14(17-16)13-7-12-11(20-13)4-5-19-12/h2-7,14,17H,16H2,1H3. The highest BCUT2D eigenvalue weighted by Gasteiger charge is 2.19. The average molecular weight is 308 g/mol. The fourth-order valence-electron chi connectivity index (χ4n) is 2.12. The van der Waals surface area contributed by atoms with Crippen molar-refractivity contribution in [3.05, 3.63) is 52.0 Å². The number of hydrazine groups is 1. The van der Waals surface area contributed by atoms with E-state index in [-0.39, 0.29) is 11.9 Å². The Bertz CT molecular complexity index is 709. The van der Waals surface area contributed by atoms with Crippen molar-refractivity contribution in [3.8, 4) is 5.75 Å². The minimum Gasteiger partial charge on any atom is -0.497 e. The summed E-state index contributed by atoms with van der Waals surface area (Å²) in [6, 6.07) is 8.57. The molecule has 0 radical (unpaired) electrons. The molecule has 0 saturated carbocycles. The van der Waals surface area contributed by atoms with Crippen molar-refractivity contribution < 1.29 is 9.13 Å². The molecule has 3 N–H and O–H groups in total. The van der Waals surface area contributed by atoms with Gasteiger partial charge in [-0.15, -0.1) is 22.7 Å². The molecule has 1 unspecified atom stereocenters. The van der Waals surface area contributed by atoms with Crippen molar-refractivity contribution in [1.82, 2.24) is 5.43 Å². The topological polar surface area (TPSA) is 47.3 Å². The number of hydrogen-bond donors (Lipinski definition) is 2. The van der Waals surface area contributed by atoms with Gasteiger partial charge >= 0.3 is 0 Å². The van der Waals surface area contributed by atoms with Gasteiger partial charge in [0.15, 0.2) is 0 Å². The number of nitrogens with one attached hydrogen (secondary N) is 1. The molecule has 2 heterocycles. The largest absolute Gasteiger partial charge is 0.497 e. The number of fused-ring (bicyclic) bond motifs is 1. The summed E-state index contributed by atoms with van der Waals surface area (Å²) < 4.78 is 21.6. The molecule has 3 aromatic rings. The maximum atomic E-state index is 14.2. The van der Waals surface area contributed by atoms with Crippen LogP contribution in [0.1, 0.15) is 16.5 Å². The molecule has 0 aliphatic heterocycles. The lowest BCUT2D eigenvalue weighted by Crippen LogP contribution is -2.28. The van der Waals surface area contributed by atoms with Gasteiger partial charge in [-0.2, -0.15) is 0 Å². The van der Waals surface area contributed by atoms with Crippen LogP contribution < -0.4 is 16.0 Å². The first-order valence-electron chi connectivity index (χ1n) is 5.99. The Morgan fingerprint density at radius 1 is 1.25 bits per heavy atom. The van der Waals surface area contributed by atoms with Crippen LogP contribution in [0.4, 0.5) is 4.39 Å². The highest BCUT2D eigenvalue weighted by Crippen LogP contribution is 2.36. The van der Waals surface area contributed by atoms with Crippen LogP contribution in [0.25, 0.3) is 9.40 Å². The first kappa shape index (κ1) is 13.5. The second kappa shape index (κ2) is 5.49. The lowest BCUT2D eigenvalue weighted by atomic mass is 10.1. The van der Waals surface area contributed by atoms with Crippen molar-refractivity contribution in [2.24, 2.45) is 5.84 Å². The van der Waals surface area contributed by atoms with Gasteiger partial charge in [0.2, 0.25) is 0 Å². The normalized spacial score (nSPS) is 12.8. The van der Waals surface area contributed by atoms with Crippen LogP contribution in [0.15, 0.2) is 35.7 Å². The van der Waals surface area contributed by atoms with E-state index in [0.29, 0.717) is 11.3 Å². The predicted octanol–water partition coefficient (Wildman–Crippen LogP) is 3.66. The molecule has 2 aromatic heterocycles. The van der Waals surface area contributed by atoms with Crippen LogP contribution in [-0.2, 0) is 0 Å². The van der Waals surface area contributed by atoms with Gasteiger partial charge in [0.25, 0.3) is 0 Å². The highest BCUT2D eigenvalue weighted by atomic mass is 32.1. The van der Waals surface area contributed by atoms with Gasteiger partial charge in [-0.3, -0.25) is 5.84 Å². The number of nitrogens with two attached hydrogens (primary N) is 1. The quantitative estimate of drug-likeness (QED) is 0.571. The van der Waals surface area contributed by atoms with E-state index in [0.717, 1.165) is 4.88 Å². The van der Waals surface area contributed by atoms with Crippen molar-refractivity contribution in [2.45, 2.75) is 6.04 Å². The number of halogens is 1. The van der Waals surface area contributed by atoms with Crippen molar-refractivity contribution in [2.75, 3.05) is 7.11 Å². The summed E-state index contributed by atoms with van der Waals surface area (Å²) in [4.78, 5) is 0.999. The van der Waals surface area contributed by atoms with Crippen LogP contribution in [0, 0.1) is 5.82 Å². The molecule has 0 aliphatic rings. The fraction of sp³-hybridized carbons (Fsp3) is 0.143. The van der Waals surface area contributed by atoms with Gasteiger partial charge in [0, 0.05) is 25.9 Å². The Hall–Kier alpha value is -1.47. The van der Waals surface area contributed by atoms with Crippen molar-refractivity contribution in [3.63, 3.8) is 0 Å². The summed E-state index contributed by atoms with van der Waals surface area (Å²) in [7, 11) is 1.51. The van der Waals surface area contributed by atoms with E-state index in [2.05, 4.69) is 17.6 Å². The molecule has 3 rings (SSSR count). The molecule has 1 atom stereocenters. The van der Waals surface area contributed by atoms with Gasteiger partial charge in [0.1, 0.15) is 11.6 Å². The molecule has 0 saturated heterocycles. The molecule has 0 spiro atoms. The van der Waals surface area contributed by atoms with E-state index in [4.69, 9.17) is 10.6 Å². The predicted molar refractivity (Wildman–Crippen MR) is 81.8 cm³/mol. The molecule has 0 fully saturated rings. The van der Waals surface area contributed by atoms with Gasteiger partial charge in [-0.1, -0.05) is 6.07 Å². The monoisotopic (exact) mass is 308 g/mol. The fourth-order valence-corrected chi connectivity index (χ4v) is 4.32. The zero-order valence-electron chi connectivity index (χ0n) is 10.7. The molecular formula is C14H13FN2OS2. The summed E-state index contributed by atoms with van der Waals surface area (Å²) in [5.74, 6) is 5.79. The van der Waals surface area contributed by atoms with E-state index in [1.807, 2.05) is 5.38 Å².